The summed E-state index contributed by atoms with van der Waals surface area (Å²) in [5.74, 6) is 1.41. The summed E-state index contributed by atoms with van der Waals surface area (Å²) in [5, 5.41) is 4.49. The van der Waals surface area contributed by atoms with E-state index in [0.29, 0.717) is 17.5 Å². The van der Waals surface area contributed by atoms with Crippen LogP contribution in [-0.2, 0) is 13.1 Å². The summed E-state index contributed by atoms with van der Waals surface area (Å²) in [6.45, 7) is 9.24. The first-order chi connectivity index (χ1) is 11.5. The number of hydrogen-bond donors (Lipinski definition) is 0. The molecule has 1 aromatic heterocycles. The number of aromatic nitrogens is 2. The summed E-state index contributed by atoms with van der Waals surface area (Å²) in [7, 11) is 0. The molecule has 5 nitrogen and oxygen atoms in total. The Kier molecular flexibility index (Phi) is 5.48. The summed E-state index contributed by atoms with van der Waals surface area (Å²) in [6.07, 6.45) is 0. The van der Waals surface area contributed by atoms with Gasteiger partial charge in [0.15, 0.2) is 5.82 Å². The van der Waals surface area contributed by atoms with Crippen molar-refractivity contribution in [3.05, 3.63) is 46.3 Å². The highest BCUT2D eigenvalue weighted by Crippen LogP contribution is 2.20. The third-order valence-electron chi connectivity index (χ3n) is 4.23. The van der Waals surface area contributed by atoms with Crippen LogP contribution in [0.1, 0.15) is 37.0 Å². The monoisotopic (exact) mass is 352 g/mol. The van der Waals surface area contributed by atoms with Gasteiger partial charge < -0.3 is 4.52 Å². The van der Waals surface area contributed by atoms with E-state index in [4.69, 9.17) is 16.1 Å². The van der Waals surface area contributed by atoms with Crippen LogP contribution in [-0.4, -0.2) is 46.1 Å². The van der Waals surface area contributed by atoms with Crippen molar-refractivity contribution in [2.45, 2.75) is 32.9 Å². The van der Waals surface area contributed by atoms with Crippen molar-refractivity contribution in [1.82, 2.24) is 19.9 Å². The van der Waals surface area contributed by atoms with Crippen LogP contribution >= 0.6 is 11.6 Å². The molecular formula is C17H22ClFN4O. The zero-order chi connectivity index (χ0) is 17.1. The molecule has 2 aromatic rings. The highest BCUT2D eigenvalue weighted by Gasteiger charge is 2.20. The van der Waals surface area contributed by atoms with Gasteiger partial charge in [-0.15, -0.1) is 0 Å². The lowest BCUT2D eigenvalue weighted by atomic mass is 10.2. The summed E-state index contributed by atoms with van der Waals surface area (Å²) in [6, 6.07) is 4.59. The minimum absolute atomic E-state index is 0.278. The fourth-order valence-electron chi connectivity index (χ4n) is 2.75. The Labute approximate surface area is 146 Å². The summed E-state index contributed by atoms with van der Waals surface area (Å²) >= 11 is 6.11. The molecule has 0 atom stereocenters. The van der Waals surface area contributed by atoms with Gasteiger partial charge in [0.1, 0.15) is 5.82 Å². The highest BCUT2D eigenvalue weighted by molar-refractivity contribution is 6.31. The van der Waals surface area contributed by atoms with Gasteiger partial charge in [-0.2, -0.15) is 4.98 Å². The third-order valence-corrected chi connectivity index (χ3v) is 4.58. The second-order valence-electron chi connectivity index (χ2n) is 6.49. The Morgan fingerprint density at radius 2 is 1.83 bits per heavy atom. The molecule has 1 saturated heterocycles. The topological polar surface area (TPSA) is 45.4 Å². The third kappa shape index (κ3) is 4.32. The second kappa shape index (κ2) is 7.59. The van der Waals surface area contributed by atoms with E-state index in [1.807, 2.05) is 13.8 Å². The SMILES string of the molecule is CC(C)c1noc(CN2CCN(Cc3ccc(F)cc3Cl)CC2)n1. The van der Waals surface area contributed by atoms with Gasteiger partial charge in [-0.25, -0.2) is 4.39 Å². The molecule has 0 radical (unpaired) electrons. The Morgan fingerprint density at radius 3 is 2.42 bits per heavy atom. The van der Waals surface area contributed by atoms with Gasteiger partial charge in [-0.3, -0.25) is 9.80 Å². The highest BCUT2D eigenvalue weighted by atomic mass is 35.5. The molecule has 0 saturated carbocycles. The van der Waals surface area contributed by atoms with Crippen LogP contribution in [0.25, 0.3) is 0 Å². The standard InChI is InChI=1S/C17H22ClFN4O/c1-12(2)17-20-16(24-21-17)11-23-7-5-22(6-8-23)10-13-3-4-14(19)9-15(13)18/h3-4,9,12H,5-8,10-11H2,1-2H3. The lowest BCUT2D eigenvalue weighted by Crippen LogP contribution is -2.45. The maximum absolute atomic E-state index is 13.1. The zero-order valence-electron chi connectivity index (χ0n) is 14.0. The van der Waals surface area contributed by atoms with Gasteiger partial charge in [0.05, 0.1) is 6.54 Å². The molecule has 1 aromatic carbocycles. The van der Waals surface area contributed by atoms with Crippen molar-refractivity contribution in [1.29, 1.82) is 0 Å². The van der Waals surface area contributed by atoms with Crippen molar-refractivity contribution in [2.75, 3.05) is 26.2 Å². The summed E-state index contributed by atoms with van der Waals surface area (Å²) in [4.78, 5) is 9.05. The Hall–Kier alpha value is -1.50. The lowest BCUT2D eigenvalue weighted by Gasteiger charge is -2.34. The van der Waals surface area contributed by atoms with Crippen molar-refractivity contribution < 1.29 is 8.91 Å². The van der Waals surface area contributed by atoms with Gasteiger partial charge >= 0.3 is 0 Å². The van der Waals surface area contributed by atoms with Crippen LogP contribution < -0.4 is 0 Å². The van der Waals surface area contributed by atoms with Crippen LogP contribution in [0.2, 0.25) is 5.02 Å². The maximum atomic E-state index is 13.1. The van der Waals surface area contributed by atoms with Crippen molar-refractivity contribution in [3.63, 3.8) is 0 Å². The average molecular weight is 353 g/mol. The fourth-order valence-corrected chi connectivity index (χ4v) is 2.98. The minimum atomic E-state index is -0.297. The molecular weight excluding hydrogens is 331 g/mol. The Balaban J connectivity index is 1.50. The van der Waals surface area contributed by atoms with E-state index < -0.39 is 0 Å². The predicted molar refractivity (Wildman–Crippen MR) is 90.4 cm³/mol. The first-order valence-electron chi connectivity index (χ1n) is 8.22. The van der Waals surface area contributed by atoms with Gasteiger partial charge in [0, 0.05) is 43.7 Å². The van der Waals surface area contributed by atoms with E-state index in [0.717, 1.165) is 44.1 Å². The number of benzene rings is 1. The molecule has 1 aliphatic heterocycles. The van der Waals surface area contributed by atoms with Crippen LogP contribution in [0, 0.1) is 5.82 Å². The molecule has 0 unspecified atom stereocenters. The van der Waals surface area contributed by atoms with Crippen molar-refractivity contribution >= 4 is 11.6 Å². The molecule has 2 heterocycles. The van der Waals surface area contributed by atoms with E-state index in [1.165, 1.54) is 12.1 Å². The maximum Gasteiger partial charge on any atom is 0.240 e. The molecule has 3 rings (SSSR count). The predicted octanol–water partition coefficient (Wildman–Crippen LogP) is 3.30. The summed E-state index contributed by atoms with van der Waals surface area (Å²) < 4.78 is 18.4. The van der Waals surface area contributed by atoms with Gasteiger partial charge in [0.2, 0.25) is 5.89 Å². The Morgan fingerprint density at radius 1 is 1.17 bits per heavy atom. The van der Waals surface area contributed by atoms with Gasteiger partial charge in [-0.1, -0.05) is 36.7 Å². The molecule has 0 N–H and O–H groups in total. The molecule has 130 valence electrons. The van der Waals surface area contributed by atoms with Gasteiger partial charge in [0.25, 0.3) is 0 Å². The fraction of sp³-hybridized carbons (Fsp3) is 0.529. The minimum Gasteiger partial charge on any atom is -0.338 e. The normalized spacial score (nSPS) is 16.9. The molecule has 0 bridgehead atoms. The molecule has 1 fully saturated rings. The number of nitrogens with zero attached hydrogens (tertiary/aromatic N) is 4. The smallest absolute Gasteiger partial charge is 0.240 e. The molecule has 24 heavy (non-hydrogen) atoms. The largest absolute Gasteiger partial charge is 0.338 e. The average Bonchev–Trinajstić information content (AvgIpc) is 3.01. The van der Waals surface area contributed by atoms with E-state index in [-0.39, 0.29) is 11.7 Å². The molecule has 1 aliphatic rings. The number of hydrogen-bond acceptors (Lipinski definition) is 5. The lowest BCUT2D eigenvalue weighted by molar-refractivity contribution is 0.112. The van der Waals surface area contributed by atoms with Crippen molar-refractivity contribution in [3.8, 4) is 0 Å². The van der Waals surface area contributed by atoms with Crippen LogP contribution in [0.15, 0.2) is 22.7 Å². The van der Waals surface area contributed by atoms with E-state index >= 15 is 0 Å². The molecule has 0 spiro atoms. The van der Waals surface area contributed by atoms with Crippen LogP contribution in [0.4, 0.5) is 4.39 Å². The van der Waals surface area contributed by atoms with Gasteiger partial charge in [-0.05, 0) is 17.7 Å². The first kappa shape index (κ1) is 17.3. The number of halogens is 2. The van der Waals surface area contributed by atoms with Crippen molar-refractivity contribution in [2.24, 2.45) is 0 Å². The summed E-state index contributed by atoms with van der Waals surface area (Å²) in [5.41, 5.74) is 0.963. The van der Waals surface area contributed by atoms with E-state index in [9.17, 15) is 4.39 Å². The van der Waals surface area contributed by atoms with E-state index in [1.54, 1.807) is 6.07 Å². The van der Waals surface area contributed by atoms with Crippen LogP contribution in [0.5, 0.6) is 0 Å². The number of rotatable bonds is 5. The Bertz CT molecular complexity index is 683. The zero-order valence-corrected chi connectivity index (χ0v) is 14.8. The number of piperazine rings is 1. The molecule has 7 heteroatoms. The second-order valence-corrected chi connectivity index (χ2v) is 6.90. The van der Waals surface area contributed by atoms with Crippen LogP contribution in [0.3, 0.4) is 0 Å². The molecule has 0 amide bonds. The quantitative estimate of drug-likeness (QED) is 0.826. The molecule has 0 aliphatic carbocycles. The van der Waals surface area contributed by atoms with E-state index in [2.05, 4.69) is 19.9 Å². The first-order valence-corrected chi connectivity index (χ1v) is 8.60.